The van der Waals surface area contributed by atoms with Gasteiger partial charge in [-0.05, 0) is 0 Å². The summed E-state index contributed by atoms with van der Waals surface area (Å²) < 4.78 is 7.08. The summed E-state index contributed by atoms with van der Waals surface area (Å²) in [6.45, 7) is 5.95. The zero-order valence-corrected chi connectivity index (χ0v) is 20.0. The number of carbonyl (C=O) groups is 2. The fraction of sp³-hybridized carbons (Fsp3) is 0.667. The SMILES string of the molecule is Nc1ncnc2c1ncn2C1OC(C(=O)NCCC(=O)N2CCNCCNCCNCC2)C(O)C1O. The number of carbonyl (C=O) groups excluding carboxylic acids is 2. The van der Waals surface area contributed by atoms with Crippen molar-refractivity contribution in [1.82, 2.24) is 45.7 Å². The molecule has 2 amide bonds. The van der Waals surface area contributed by atoms with Gasteiger partial charge in [-0.25, -0.2) is 15.0 Å². The van der Waals surface area contributed by atoms with Crippen LogP contribution in [0.25, 0.3) is 11.2 Å². The van der Waals surface area contributed by atoms with Crippen LogP contribution >= 0.6 is 0 Å². The number of nitrogens with one attached hydrogen (secondary N) is 4. The molecule has 2 aromatic heterocycles. The Morgan fingerprint density at radius 2 is 1.69 bits per heavy atom. The summed E-state index contributed by atoms with van der Waals surface area (Å²) in [5.41, 5.74) is 6.42. The van der Waals surface area contributed by atoms with Crippen molar-refractivity contribution in [3.63, 3.8) is 0 Å². The standard InChI is InChI=1S/C21H34N10O5/c22-18-14-19(28-11-27-18)31(12-29-14)21-16(34)15(33)17(36-21)20(35)26-2-1-13(32)30-9-7-24-5-3-23-4-6-25-8-10-30/h11-12,15-17,21,23-25,33-34H,1-10H2,(H,26,35)(H2,22,27,28). The summed E-state index contributed by atoms with van der Waals surface area (Å²) in [6, 6.07) is 0. The van der Waals surface area contributed by atoms with E-state index in [2.05, 4.69) is 36.2 Å². The van der Waals surface area contributed by atoms with E-state index in [1.165, 1.54) is 17.2 Å². The molecule has 8 N–H and O–H groups in total. The Kier molecular flexibility index (Phi) is 8.95. The molecule has 0 radical (unpaired) electrons. The maximum absolute atomic E-state index is 12.7. The lowest BCUT2D eigenvalue weighted by atomic mass is 10.1. The number of hydrogen-bond acceptors (Lipinski definition) is 12. The van der Waals surface area contributed by atoms with E-state index in [9.17, 15) is 19.8 Å². The number of aliphatic hydroxyl groups is 2. The quantitative estimate of drug-likeness (QED) is 0.208. The van der Waals surface area contributed by atoms with Gasteiger partial charge in [0.05, 0.1) is 6.33 Å². The lowest BCUT2D eigenvalue weighted by Gasteiger charge is -2.24. The molecular weight excluding hydrogens is 472 g/mol. The zero-order chi connectivity index (χ0) is 25.5. The molecule has 198 valence electrons. The van der Waals surface area contributed by atoms with Crippen molar-refractivity contribution in [2.75, 3.05) is 64.6 Å². The van der Waals surface area contributed by atoms with Gasteiger partial charge < -0.3 is 46.9 Å². The fourth-order valence-corrected chi connectivity index (χ4v) is 4.23. The van der Waals surface area contributed by atoms with Gasteiger partial charge >= 0.3 is 0 Å². The molecule has 0 bridgehead atoms. The second kappa shape index (κ2) is 12.3. The number of nitrogens with two attached hydrogens (primary N) is 1. The van der Waals surface area contributed by atoms with Gasteiger partial charge in [-0.3, -0.25) is 14.2 Å². The minimum atomic E-state index is -1.48. The predicted molar refractivity (Wildman–Crippen MR) is 128 cm³/mol. The molecule has 4 rings (SSSR count). The van der Waals surface area contributed by atoms with Gasteiger partial charge in [0.25, 0.3) is 5.91 Å². The van der Waals surface area contributed by atoms with Crippen LogP contribution in [0.2, 0.25) is 0 Å². The molecular formula is C21H34N10O5. The molecule has 2 aromatic rings. The van der Waals surface area contributed by atoms with Crippen molar-refractivity contribution in [2.24, 2.45) is 0 Å². The first-order chi connectivity index (χ1) is 17.5. The lowest BCUT2D eigenvalue weighted by Crippen LogP contribution is -2.46. The molecule has 2 aliphatic rings. The van der Waals surface area contributed by atoms with Crippen molar-refractivity contribution in [2.45, 2.75) is 31.0 Å². The van der Waals surface area contributed by atoms with Crippen LogP contribution in [0.15, 0.2) is 12.7 Å². The Balaban J connectivity index is 1.29. The molecule has 4 heterocycles. The van der Waals surface area contributed by atoms with Crippen LogP contribution in [0.3, 0.4) is 0 Å². The number of fused-ring (bicyclic) bond motifs is 1. The van der Waals surface area contributed by atoms with Crippen LogP contribution in [0.1, 0.15) is 12.6 Å². The van der Waals surface area contributed by atoms with Crippen LogP contribution in [0.5, 0.6) is 0 Å². The normalized spacial score (nSPS) is 26.3. The molecule has 4 unspecified atom stereocenters. The second-order valence-corrected chi connectivity index (χ2v) is 8.68. The monoisotopic (exact) mass is 506 g/mol. The van der Waals surface area contributed by atoms with E-state index in [4.69, 9.17) is 10.5 Å². The number of aliphatic hydroxyl groups excluding tert-OH is 2. The topological polar surface area (TPSA) is 205 Å². The van der Waals surface area contributed by atoms with Crippen molar-refractivity contribution >= 4 is 28.8 Å². The molecule has 0 spiro atoms. The van der Waals surface area contributed by atoms with Gasteiger partial charge in [-0.2, -0.15) is 0 Å². The Hall–Kier alpha value is -2.95. The summed E-state index contributed by atoms with van der Waals surface area (Å²) in [7, 11) is 0. The highest BCUT2D eigenvalue weighted by molar-refractivity contribution is 5.83. The first kappa shape index (κ1) is 26.1. The van der Waals surface area contributed by atoms with Gasteiger partial charge in [0.15, 0.2) is 23.8 Å². The molecule has 2 aliphatic heterocycles. The van der Waals surface area contributed by atoms with Crippen molar-refractivity contribution < 1.29 is 24.5 Å². The molecule has 0 saturated carbocycles. The molecule has 36 heavy (non-hydrogen) atoms. The molecule has 2 fully saturated rings. The van der Waals surface area contributed by atoms with Crippen molar-refractivity contribution in [1.29, 1.82) is 0 Å². The van der Waals surface area contributed by atoms with E-state index < -0.39 is 30.4 Å². The van der Waals surface area contributed by atoms with Crippen molar-refractivity contribution in [3.8, 4) is 0 Å². The zero-order valence-electron chi connectivity index (χ0n) is 20.0. The summed E-state index contributed by atoms with van der Waals surface area (Å²) in [5.74, 6) is -0.548. The first-order valence-corrected chi connectivity index (χ1v) is 12.1. The van der Waals surface area contributed by atoms with Crippen LogP contribution in [-0.4, -0.2) is 124 Å². The third-order valence-electron chi connectivity index (χ3n) is 6.22. The summed E-state index contributed by atoms with van der Waals surface area (Å²) in [5, 5.41) is 33.6. The molecule has 0 aromatic carbocycles. The number of nitrogens with zero attached hydrogens (tertiary/aromatic N) is 5. The highest BCUT2D eigenvalue weighted by atomic mass is 16.6. The third kappa shape index (κ3) is 6.05. The number of rotatable bonds is 5. The summed E-state index contributed by atoms with van der Waals surface area (Å²) in [6.07, 6.45) is -2.62. The van der Waals surface area contributed by atoms with Gasteiger partial charge in [0.1, 0.15) is 24.1 Å². The average molecular weight is 507 g/mol. The maximum atomic E-state index is 12.7. The number of hydrogen-bond donors (Lipinski definition) is 7. The molecule has 4 atom stereocenters. The maximum Gasteiger partial charge on any atom is 0.252 e. The van der Waals surface area contributed by atoms with Gasteiger partial charge in [0, 0.05) is 65.3 Å². The Morgan fingerprint density at radius 1 is 1.03 bits per heavy atom. The lowest BCUT2D eigenvalue weighted by molar-refractivity contribution is -0.138. The largest absolute Gasteiger partial charge is 0.387 e. The predicted octanol–water partition coefficient (Wildman–Crippen LogP) is -3.85. The van der Waals surface area contributed by atoms with Crippen LogP contribution < -0.4 is 27.0 Å². The second-order valence-electron chi connectivity index (χ2n) is 8.68. The van der Waals surface area contributed by atoms with Gasteiger partial charge in [-0.15, -0.1) is 0 Å². The Morgan fingerprint density at radius 3 is 2.39 bits per heavy atom. The summed E-state index contributed by atoms with van der Waals surface area (Å²) >= 11 is 0. The molecule has 15 heteroatoms. The van der Waals surface area contributed by atoms with E-state index >= 15 is 0 Å². The van der Waals surface area contributed by atoms with E-state index in [1.807, 2.05) is 0 Å². The number of amides is 2. The Bertz CT molecular complexity index is 1020. The number of imidazole rings is 1. The highest BCUT2D eigenvalue weighted by Crippen LogP contribution is 2.32. The third-order valence-corrected chi connectivity index (χ3v) is 6.22. The molecule has 0 aliphatic carbocycles. The van der Waals surface area contributed by atoms with Crippen LogP contribution in [0, 0.1) is 0 Å². The van der Waals surface area contributed by atoms with Gasteiger partial charge in [-0.1, -0.05) is 0 Å². The average Bonchev–Trinajstić information content (AvgIpc) is 3.41. The highest BCUT2D eigenvalue weighted by Gasteiger charge is 2.47. The van der Waals surface area contributed by atoms with Crippen molar-refractivity contribution in [3.05, 3.63) is 12.7 Å². The van der Waals surface area contributed by atoms with E-state index in [0.29, 0.717) is 37.3 Å². The number of nitrogen functional groups attached to an aromatic ring is 1. The summed E-state index contributed by atoms with van der Waals surface area (Å²) in [4.78, 5) is 39.3. The number of ether oxygens (including phenoxy) is 1. The molecule has 15 nitrogen and oxygen atoms in total. The number of aromatic nitrogens is 4. The number of anilines is 1. The van der Waals surface area contributed by atoms with Crippen LogP contribution in [-0.2, 0) is 14.3 Å². The van der Waals surface area contributed by atoms with E-state index in [0.717, 1.165) is 26.2 Å². The minimum absolute atomic E-state index is 0.0735. The first-order valence-electron chi connectivity index (χ1n) is 12.1. The van der Waals surface area contributed by atoms with E-state index in [1.54, 1.807) is 4.90 Å². The van der Waals surface area contributed by atoms with Crippen LogP contribution in [0.4, 0.5) is 5.82 Å². The smallest absolute Gasteiger partial charge is 0.252 e. The van der Waals surface area contributed by atoms with Gasteiger partial charge in [0.2, 0.25) is 5.91 Å². The fourth-order valence-electron chi connectivity index (χ4n) is 4.23. The minimum Gasteiger partial charge on any atom is -0.387 e. The Labute approximate surface area is 207 Å². The molecule has 2 saturated heterocycles. The van der Waals surface area contributed by atoms with E-state index in [-0.39, 0.29) is 24.7 Å².